The van der Waals surface area contributed by atoms with Gasteiger partial charge in [-0.15, -0.1) is 0 Å². The molecule has 74 valence electrons. The molecule has 0 heterocycles. The minimum Gasteiger partial charge on any atom is -0.289 e. The zero-order valence-corrected chi connectivity index (χ0v) is 9.62. The second-order valence-corrected chi connectivity index (χ2v) is 4.19. The fourth-order valence-corrected chi connectivity index (χ4v) is 1.87. The lowest BCUT2D eigenvalue weighted by atomic mass is 10.0. The zero-order chi connectivity index (χ0) is 10.8. The number of ketones is 1. The average Bonchev–Trinajstić information content (AvgIpc) is 2.27. The highest BCUT2D eigenvalue weighted by Crippen LogP contribution is 2.21. The Morgan fingerprint density at radius 1 is 1.13 bits per heavy atom. The van der Waals surface area contributed by atoms with E-state index in [2.05, 4.69) is 22.5 Å². The predicted octanol–water partition coefficient (Wildman–Crippen LogP) is 3.97. The lowest BCUT2D eigenvalue weighted by Gasteiger charge is -2.01. The zero-order valence-electron chi connectivity index (χ0n) is 8.03. The van der Waals surface area contributed by atoms with E-state index < -0.39 is 0 Å². The molecule has 0 N–H and O–H groups in total. The third-order valence-corrected chi connectivity index (χ3v) is 2.77. The second-order valence-electron chi connectivity index (χ2n) is 3.27. The summed E-state index contributed by atoms with van der Waals surface area (Å²) < 4.78 is 1.04. The third-order valence-electron chi connectivity index (χ3n) is 2.27. The van der Waals surface area contributed by atoms with Gasteiger partial charge in [0.2, 0.25) is 0 Å². The number of benzene rings is 2. The van der Waals surface area contributed by atoms with E-state index in [-0.39, 0.29) is 5.78 Å². The molecule has 0 unspecified atom stereocenters. The fraction of sp³-hybridized carbons (Fsp3) is 0. The van der Waals surface area contributed by atoms with Crippen LogP contribution in [0.5, 0.6) is 0 Å². The van der Waals surface area contributed by atoms with Gasteiger partial charge in [0, 0.05) is 10.0 Å². The van der Waals surface area contributed by atoms with Gasteiger partial charge in [0.25, 0.3) is 0 Å². The number of fused-ring (bicyclic) bond motifs is 1. The molecule has 0 aromatic heterocycles. The molecule has 2 aromatic carbocycles. The summed E-state index contributed by atoms with van der Waals surface area (Å²) in [5, 5.41) is 2.18. The average molecular weight is 261 g/mol. The molecule has 0 saturated carbocycles. The Hall–Kier alpha value is -1.41. The van der Waals surface area contributed by atoms with Crippen LogP contribution >= 0.6 is 15.9 Å². The van der Waals surface area contributed by atoms with Crippen LogP contribution in [0, 0.1) is 0 Å². The number of hydrogen-bond donors (Lipinski definition) is 0. The molecule has 0 spiro atoms. The monoisotopic (exact) mass is 260 g/mol. The highest BCUT2D eigenvalue weighted by atomic mass is 79.9. The quantitative estimate of drug-likeness (QED) is 0.590. The van der Waals surface area contributed by atoms with Crippen molar-refractivity contribution in [2.75, 3.05) is 0 Å². The van der Waals surface area contributed by atoms with Gasteiger partial charge in [0.15, 0.2) is 5.78 Å². The van der Waals surface area contributed by atoms with Crippen molar-refractivity contribution >= 4 is 32.5 Å². The Balaban J connectivity index is 2.61. The first-order valence-corrected chi connectivity index (χ1v) is 5.36. The third kappa shape index (κ3) is 2.00. The Morgan fingerprint density at radius 3 is 2.53 bits per heavy atom. The summed E-state index contributed by atoms with van der Waals surface area (Å²) in [7, 11) is 0. The van der Waals surface area contributed by atoms with Crippen LogP contribution in [0.2, 0.25) is 0 Å². The van der Waals surface area contributed by atoms with Crippen molar-refractivity contribution in [3.8, 4) is 0 Å². The van der Waals surface area contributed by atoms with Crippen LogP contribution in [-0.2, 0) is 0 Å². The first-order valence-electron chi connectivity index (χ1n) is 4.57. The lowest BCUT2D eigenvalue weighted by Crippen LogP contribution is -1.92. The molecular formula is C13H9BrO. The SMILES string of the molecule is C=CC(=O)c1ccc2cc(Br)ccc2c1. The molecule has 2 heteroatoms. The molecule has 0 atom stereocenters. The number of hydrogen-bond acceptors (Lipinski definition) is 1. The summed E-state index contributed by atoms with van der Waals surface area (Å²) >= 11 is 3.41. The summed E-state index contributed by atoms with van der Waals surface area (Å²) in [6, 6.07) is 11.6. The molecule has 0 radical (unpaired) electrons. The molecule has 0 aliphatic rings. The summed E-state index contributed by atoms with van der Waals surface area (Å²) in [6.07, 6.45) is 1.33. The lowest BCUT2D eigenvalue weighted by molar-refractivity contribution is 0.104. The van der Waals surface area contributed by atoms with Crippen LogP contribution in [0.4, 0.5) is 0 Å². The van der Waals surface area contributed by atoms with Crippen LogP contribution in [-0.4, -0.2) is 5.78 Å². The largest absolute Gasteiger partial charge is 0.289 e. The molecule has 1 nitrogen and oxygen atoms in total. The van der Waals surface area contributed by atoms with E-state index in [9.17, 15) is 4.79 Å². The van der Waals surface area contributed by atoms with Crippen LogP contribution in [0.15, 0.2) is 53.5 Å². The Morgan fingerprint density at radius 2 is 1.80 bits per heavy atom. The number of carbonyl (C=O) groups excluding carboxylic acids is 1. The molecule has 2 aromatic rings. The summed E-state index contributed by atoms with van der Waals surface area (Å²) in [4.78, 5) is 11.4. The van der Waals surface area contributed by atoms with Gasteiger partial charge in [-0.05, 0) is 35.0 Å². The van der Waals surface area contributed by atoms with Crippen LogP contribution in [0.25, 0.3) is 10.8 Å². The normalized spacial score (nSPS) is 10.2. The predicted molar refractivity (Wildman–Crippen MR) is 66.2 cm³/mol. The van der Waals surface area contributed by atoms with Crippen LogP contribution in [0.1, 0.15) is 10.4 Å². The smallest absolute Gasteiger partial charge is 0.185 e. The van der Waals surface area contributed by atoms with Gasteiger partial charge in [-0.2, -0.15) is 0 Å². The Labute approximate surface area is 96.5 Å². The second kappa shape index (κ2) is 3.99. The standard InChI is InChI=1S/C13H9BrO/c1-2-13(15)11-4-3-10-8-12(14)6-5-9(10)7-11/h2-8H,1H2. The van der Waals surface area contributed by atoms with E-state index in [1.54, 1.807) is 0 Å². The van der Waals surface area contributed by atoms with Gasteiger partial charge in [0.1, 0.15) is 0 Å². The highest BCUT2D eigenvalue weighted by Gasteiger charge is 2.02. The topological polar surface area (TPSA) is 17.1 Å². The van der Waals surface area contributed by atoms with E-state index in [0.717, 1.165) is 15.2 Å². The van der Waals surface area contributed by atoms with Gasteiger partial charge in [-0.3, -0.25) is 4.79 Å². The maximum absolute atomic E-state index is 11.4. The van der Waals surface area contributed by atoms with E-state index in [0.29, 0.717) is 5.56 Å². The molecule has 0 aliphatic heterocycles. The molecule has 0 aliphatic carbocycles. The van der Waals surface area contributed by atoms with Crippen LogP contribution in [0.3, 0.4) is 0 Å². The van der Waals surface area contributed by atoms with E-state index in [1.807, 2.05) is 36.4 Å². The van der Waals surface area contributed by atoms with E-state index in [1.165, 1.54) is 6.08 Å². The summed E-state index contributed by atoms with van der Waals surface area (Å²) in [5.41, 5.74) is 0.680. The molecule has 0 saturated heterocycles. The van der Waals surface area contributed by atoms with Gasteiger partial charge in [-0.1, -0.05) is 40.7 Å². The molecule has 0 bridgehead atoms. The first-order chi connectivity index (χ1) is 7.20. The van der Waals surface area contributed by atoms with Crippen molar-refractivity contribution in [2.24, 2.45) is 0 Å². The number of rotatable bonds is 2. The minimum atomic E-state index is -0.0418. The van der Waals surface area contributed by atoms with E-state index >= 15 is 0 Å². The Bertz CT molecular complexity index is 543. The van der Waals surface area contributed by atoms with E-state index in [4.69, 9.17) is 0 Å². The van der Waals surface area contributed by atoms with Crippen molar-refractivity contribution in [1.82, 2.24) is 0 Å². The summed E-state index contributed by atoms with van der Waals surface area (Å²) in [5.74, 6) is -0.0418. The molecule has 15 heavy (non-hydrogen) atoms. The van der Waals surface area contributed by atoms with Crippen molar-refractivity contribution < 1.29 is 4.79 Å². The first kappa shape index (κ1) is 10.1. The maximum Gasteiger partial charge on any atom is 0.185 e. The molecule has 2 rings (SSSR count). The molecule has 0 fully saturated rings. The maximum atomic E-state index is 11.4. The highest BCUT2D eigenvalue weighted by molar-refractivity contribution is 9.10. The van der Waals surface area contributed by atoms with Crippen molar-refractivity contribution in [3.05, 3.63) is 59.1 Å². The van der Waals surface area contributed by atoms with Gasteiger partial charge >= 0.3 is 0 Å². The van der Waals surface area contributed by atoms with Crippen molar-refractivity contribution in [1.29, 1.82) is 0 Å². The number of carbonyl (C=O) groups is 1. The fourth-order valence-electron chi connectivity index (χ4n) is 1.49. The van der Waals surface area contributed by atoms with Gasteiger partial charge < -0.3 is 0 Å². The van der Waals surface area contributed by atoms with Gasteiger partial charge in [0.05, 0.1) is 0 Å². The summed E-state index contributed by atoms with van der Waals surface area (Å²) in [6.45, 7) is 3.47. The number of halogens is 1. The number of allylic oxidation sites excluding steroid dienone is 1. The molecular weight excluding hydrogens is 252 g/mol. The van der Waals surface area contributed by atoms with Crippen LogP contribution < -0.4 is 0 Å². The van der Waals surface area contributed by atoms with Gasteiger partial charge in [-0.25, -0.2) is 0 Å². The van der Waals surface area contributed by atoms with Crippen molar-refractivity contribution in [2.45, 2.75) is 0 Å². The molecule has 0 amide bonds. The minimum absolute atomic E-state index is 0.0418. The van der Waals surface area contributed by atoms with Crippen molar-refractivity contribution in [3.63, 3.8) is 0 Å². The Kier molecular flexibility index (Phi) is 2.69.